The van der Waals surface area contributed by atoms with Gasteiger partial charge >= 0.3 is 0 Å². The van der Waals surface area contributed by atoms with Crippen LogP contribution in [-0.4, -0.2) is 15.9 Å². The van der Waals surface area contributed by atoms with Gasteiger partial charge < -0.3 is 9.73 Å². The van der Waals surface area contributed by atoms with Gasteiger partial charge in [-0.25, -0.2) is 9.97 Å². The summed E-state index contributed by atoms with van der Waals surface area (Å²) in [4.78, 5) is 19.8. The fraction of sp³-hybridized carbons (Fsp3) is 0.182. The fourth-order valence-electron chi connectivity index (χ4n) is 1.39. The van der Waals surface area contributed by atoms with Crippen LogP contribution in [0.3, 0.4) is 0 Å². The first-order valence-electron chi connectivity index (χ1n) is 4.94. The molecule has 88 valence electrons. The Kier molecular flexibility index (Phi) is 3.10. The molecule has 0 fully saturated rings. The number of halogens is 1. The largest absolute Gasteiger partial charge is 0.436 e. The number of aromatic nitrogens is 2. The molecule has 0 unspecified atom stereocenters. The highest BCUT2D eigenvalue weighted by Crippen LogP contribution is 2.13. The zero-order chi connectivity index (χ0) is 12.4. The number of anilines is 1. The van der Waals surface area contributed by atoms with Crippen LogP contribution >= 0.6 is 11.6 Å². The number of pyridine rings is 1. The standard InChI is InChI=1S/C11H10ClN3O2/c1-6-10(17-7(2)13-6)11(16)15-9-5-3-4-8(12)14-9/h3-5H,1-2H3,(H,14,15,16). The summed E-state index contributed by atoms with van der Waals surface area (Å²) in [7, 11) is 0. The van der Waals surface area contributed by atoms with Crippen LogP contribution in [0.1, 0.15) is 22.1 Å². The van der Waals surface area contributed by atoms with E-state index in [4.69, 9.17) is 16.0 Å². The van der Waals surface area contributed by atoms with Crippen molar-refractivity contribution in [2.24, 2.45) is 0 Å². The maximum Gasteiger partial charge on any atom is 0.294 e. The number of oxazole rings is 1. The molecule has 0 aromatic carbocycles. The summed E-state index contributed by atoms with van der Waals surface area (Å²) >= 11 is 5.71. The SMILES string of the molecule is Cc1nc(C)c(C(=O)Nc2cccc(Cl)n2)o1. The highest BCUT2D eigenvalue weighted by atomic mass is 35.5. The summed E-state index contributed by atoms with van der Waals surface area (Å²) in [6.07, 6.45) is 0. The van der Waals surface area contributed by atoms with Crippen molar-refractivity contribution in [3.63, 3.8) is 0 Å². The monoisotopic (exact) mass is 251 g/mol. The van der Waals surface area contributed by atoms with Crippen molar-refractivity contribution < 1.29 is 9.21 Å². The van der Waals surface area contributed by atoms with Gasteiger partial charge in [-0.05, 0) is 19.1 Å². The quantitative estimate of drug-likeness (QED) is 0.833. The van der Waals surface area contributed by atoms with E-state index in [9.17, 15) is 4.79 Å². The molecule has 0 saturated heterocycles. The Bertz CT molecular complexity index is 566. The lowest BCUT2D eigenvalue weighted by atomic mass is 10.3. The molecule has 0 spiro atoms. The lowest BCUT2D eigenvalue weighted by molar-refractivity contribution is 0.0994. The van der Waals surface area contributed by atoms with Gasteiger partial charge in [0.25, 0.3) is 5.91 Å². The predicted octanol–water partition coefficient (Wildman–Crippen LogP) is 2.59. The van der Waals surface area contributed by atoms with Gasteiger partial charge in [0.1, 0.15) is 11.0 Å². The van der Waals surface area contributed by atoms with E-state index in [0.717, 1.165) is 0 Å². The smallest absolute Gasteiger partial charge is 0.294 e. The molecule has 0 radical (unpaired) electrons. The normalized spacial score (nSPS) is 10.3. The van der Waals surface area contributed by atoms with Gasteiger partial charge in [0.05, 0.1) is 5.69 Å². The molecule has 0 saturated carbocycles. The number of nitrogens with zero attached hydrogens (tertiary/aromatic N) is 2. The molecule has 5 nitrogen and oxygen atoms in total. The van der Waals surface area contributed by atoms with Gasteiger partial charge in [-0.1, -0.05) is 17.7 Å². The zero-order valence-corrected chi connectivity index (χ0v) is 10.1. The van der Waals surface area contributed by atoms with Gasteiger partial charge in [0.15, 0.2) is 5.89 Å². The van der Waals surface area contributed by atoms with Crippen molar-refractivity contribution in [1.29, 1.82) is 0 Å². The first-order valence-corrected chi connectivity index (χ1v) is 5.32. The number of carbonyl (C=O) groups is 1. The minimum absolute atomic E-state index is 0.185. The van der Waals surface area contributed by atoms with E-state index in [-0.39, 0.29) is 5.76 Å². The summed E-state index contributed by atoms with van der Waals surface area (Å²) in [6, 6.07) is 4.97. The number of rotatable bonds is 2. The zero-order valence-electron chi connectivity index (χ0n) is 9.32. The maximum atomic E-state index is 11.8. The van der Waals surface area contributed by atoms with Crippen LogP contribution in [0.5, 0.6) is 0 Å². The lowest BCUT2D eigenvalue weighted by Gasteiger charge is -2.02. The van der Waals surface area contributed by atoms with Gasteiger partial charge in [0.2, 0.25) is 5.76 Å². The van der Waals surface area contributed by atoms with Crippen molar-refractivity contribution in [1.82, 2.24) is 9.97 Å². The van der Waals surface area contributed by atoms with Crippen LogP contribution in [-0.2, 0) is 0 Å². The topological polar surface area (TPSA) is 68.0 Å². The Morgan fingerprint density at radius 1 is 1.35 bits per heavy atom. The van der Waals surface area contributed by atoms with Crippen molar-refractivity contribution in [2.75, 3.05) is 5.32 Å². The minimum Gasteiger partial charge on any atom is -0.436 e. The second kappa shape index (κ2) is 4.55. The van der Waals surface area contributed by atoms with E-state index in [1.807, 2.05) is 0 Å². The summed E-state index contributed by atoms with van der Waals surface area (Å²) < 4.78 is 5.19. The van der Waals surface area contributed by atoms with Crippen LogP contribution in [0.15, 0.2) is 22.6 Å². The number of amides is 1. The Morgan fingerprint density at radius 3 is 2.71 bits per heavy atom. The molecule has 2 aromatic heterocycles. The van der Waals surface area contributed by atoms with Crippen molar-refractivity contribution >= 4 is 23.3 Å². The van der Waals surface area contributed by atoms with Crippen LogP contribution in [0, 0.1) is 13.8 Å². The molecule has 2 heterocycles. The van der Waals surface area contributed by atoms with Gasteiger partial charge in [-0.2, -0.15) is 0 Å². The summed E-state index contributed by atoms with van der Waals surface area (Å²) in [5, 5.41) is 2.90. The third kappa shape index (κ3) is 2.62. The molecule has 0 aliphatic rings. The van der Waals surface area contributed by atoms with E-state index in [1.165, 1.54) is 0 Å². The Hall–Kier alpha value is -1.88. The molecule has 6 heteroatoms. The minimum atomic E-state index is -0.391. The highest BCUT2D eigenvalue weighted by Gasteiger charge is 2.16. The molecule has 0 bridgehead atoms. The van der Waals surface area contributed by atoms with Crippen molar-refractivity contribution in [3.05, 3.63) is 40.7 Å². The number of nitrogens with one attached hydrogen (secondary N) is 1. The molecule has 1 amide bonds. The van der Waals surface area contributed by atoms with E-state index < -0.39 is 5.91 Å². The molecular formula is C11H10ClN3O2. The summed E-state index contributed by atoms with van der Waals surface area (Å²) in [6.45, 7) is 3.39. The Morgan fingerprint density at radius 2 is 2.12 bits per heavy atom. The van der Waals surface area contributed by atoms with Crippen molar-refractivity contribution in [2.45, 2.75) is 13.8 Å². The van der Waals surface area contributed by atoms with Crippen molar-refractivity contribution in [3.8, 4) is 0 Å². The first-order chi connectivity index (χ1) is 8.06. The number of hydrogen-bond acceptors (Lipinski definition) is 4. The number of aryl methyl sites for hydroxylation is 2. The second-order valence-electron chi connectivity index (χ2n) is 3.45. The molecule has 2 rings (SSSR count). The molecule has 0 atom stereocenters. The van der Waals surface area contributed by atoms with E-state index in [1.54, 1.807) is 32.0 Å². The average molecular weight is 252 g/mol. The molecule has 1 N–H and O–H groups in total. The third-order valence-corrected chi connectivity index (χ3v) is 2.28. The highest BCUT2D eigenvalue weighted by molar-refractivity contribution is 6.29. The molecule has 2 aromatic rings. The molecular weight excluding hydrogens is 242 g/mol. The number of carbonyl (C=O) groups excluding carboxylic acids is 1. The third-order valence-electron chi connectivity index (χ3n) is 2.07. The lowest BCUT2D eigenvalue weighted by Crippen LogP contribution is -2.13. The summed E-state index contributed by atoms with van der Waals surface area (Å²) in [5.41, 5.74) is 0.544. The average Bonchev–Trinajstić information content (AvgIpc) is 2.58. The van der Waals surface area contributed by atoms with Crippen LogP contribution in [0.25, 0.3) is 0 Å². The van der Waals surface area contributed by atoms with Gasteiger partial charge in [0, 0.05) is 6.92 Å². The molecule has 0 aliphatic carbocycles. The van der Waals surface area contributed by atoms with E-state index in [2.05, 4.69) is 15.3 Å². The first kappa shape index (κ1) is 11.6. The van der Waals surface area contributed by atoms with Crippen LogP contribution in [0.2, 0.25) is 5.15 Å². The molecule has 17 heavy (non-hydrogen) atoms. The second-order valence-corrected chi connectivity index (χ2v) is 3.83. The predicted molar refractivity (Wildman–Crippen MR) is 63.2 cm³/mol. The maximum absolute atomic E-state index is 11.8. The fourth-order valence-corrected chi connectivity index (χ4v) is 1.56. The Labute approximate surface area is 103 Å². The Balaban J connectivity index is 2.20. The molecule has 0 aliphatic heterocycles. The summed E-state index contributed by atoms with van der Waals surface area (Å²) in [5.74, 6) is 0.616. The van der Waals surface area contributed by atoms with Crippen LogP contribution in [0.4, 0.5) is 5.82 Å². The van der Waals surface area contributed by atoms with Gasteiger partial charge in [-0.3, -0.25) is 4.79 Å². The van der Waals surface area contributed by atoms with Crippen LogP contribution < -0.4 is 5.32 Å². The van der Waals surface area contributed by atoms with Gasteiger partial charge in [-0.15, -0.1) is 0 Å². The number of hydrogen-bond donors (Lipinski definition) is 1. The van der Waals surface area contributed by atoms with E-state index in [0.29, 0.717) is 22.6 Å². The van der Waals surface area contributed by atoms with E-state index >= 15 is 0 Å².